The molecule has 0 unspecified atom stereocenters. The highest BCUT2D eigenvalue weighted by atomic mass is 35.5. The van der Waals surface area contributed by atoms with Gasteiger partial charge in [0.2, 0.25) is 0 Å². The second-order valence-electron chi connectivity index (χ2n) is 3.68. The van der Waals surface area contributed by atoms with Gasteiger partial charge in [0.1, 0.15) is 5.65 Å². The predicted molar refractivity (Wildman–Crippen MR) is 71.4 cm³/mol. The van der Waals surface area contributed by atoms with E-state index in [9.17, 15) is 0 Å². The molecule has 17 heavy (non-hydrogen) atoms. The molecular formula is C12H10ClN3S. The van der Waals surface area contributed by atoms with Gasteiger partial charge in [0.15, 0.2) is 0 Å². The summed E-state index contributed by atoms with van der Waals surface area (Å²) < 4.78 is 2.79. The van der Waals surface area contributed by atoms with Crippen molar-refractivity contribution >= 4 is 28.6 Å². The van der Waals surface area contributed by atoms with Crippen molar-refractivity contribution in [3.8, 4) is 10.6 Å². The van der Waals surface area contributed by atoms with Crippen LogP contribution in [0.1, 0.15) is 5.69 Å². The fraction of sp³-hybridized carbons (Fsp3) is 0.0833. The molecule has 0 radical (unpaired) electrons. The van der Waals surface area contributed by atoms with Crippen molar-refractivity contribution in [3.05, 3.63) is 46.6 Å². The van der Waals surface area contributed by atoms with E-state index in [2.05, 4.69) is 4.98 Å². The lowest BCUT2D eigenvalue weighted by atomic mass is 10.3. The van der Waals surface area contributed by atoms with Crippen molar-refractivity contribution in [2.45, 2.75) is 6.54 Å². The molecule has 0 aromatic carbocycles. The molecule has 3 aromatic rings. The molecule has 0 bridgehead atoms. The number of hydrogen-bond acceptors (Lipinski definition) is 3. The summed E-state index contributed by atoms with van der Waals surface area (Å²) in [6, 6.07) is 9.81. The molecule has 3 aromatic heterocycles. The van der Waals surface area contributed by atoms with Crippen LogP contribution in [0.25, 0.3) is 16.2 Å². The van der Waals surface area contributed by atoms with Crippen molar-refractivity contribution in [2.24, 2.45) is 5.73 Å². The Morgan fingerprint density at radius 1 is 1.29 bits per heavy atom. The van der Waals surface area contributed by atoms with Gasteiger partial charge < -0.3 is 10.1 Å². The van der Waals surface area contributed by atoms with Gasteiger partial charge in [-0.2, -0.15) is 0 Å². The van der Waals surface area contributed by atoms with E-state index in [1.807, 2.05) is 40.9 Å². The number of nitrogens with zero attached hydrogens (tertiary/aromatic N) is 2. The highest BCUT2D eigenvalue weighted by Crippen LogP contribution is 2.30. The van der Waals surface area contributed by atoms with Crippen LogP contribution in [0.15, 0.2) is 36.5 Å². The summed E-state index contributed by atoms with van der Waals surface area (Å²) in [6.07, 6.45) is 2.00. The van der Waals surface area contributed by atoms with Crippen LogP contribution in [0.2, 0.25) is 4.34 Å². The Morgan fingerprint density at radius 3 is 2.88 bits per heavy atom. The van der Waals surface area contributed by atoms with Crippen molar-refractivity contribution in [1.29, 1.82) is 0 Å². The van der Waals surface area contributed by atoms with Gasteiger partial charge in [-0.05, 0) is 24.3 Å². The van der Waals surface area contributed by atoms with E-state index in [0.717, 1.165) is 26.2 Å². The van der Waals surface area contributed by atoms with Crippen LogP contribution in [-0.2, 0) is 6.54 Å². The normalized spacial score (nSPS) is 11.2. The van der Waals surface area contributed by atoms with Crippen molar-refractivity contribution < 1.29 is 0 Å². The first-order chi connectivity index (χ1) is 8.28. The third kappa shape index (κ3) is 1.84. The minimum absolute atomic E-state index is 0.498. The number of halogens is 1. The van der Waals surface area contributed by atoms with E-state index in [4.69, 9.17) is 17.3 Å². The molecule has 3 rings (SSSR count). The van der Waals surface area contributed by atoms with Crippen LogP contribution >= 0.6 is 22.9 Å². The molecular weight excluding hydrogens is 254 g/mol. The van der Waals surface area contributed by atoms with Gasteiger partial charge in [-0.1, -0.05) is 17.7 Å². The van der Waals surface area contributed by atoms with Gasteiger partial charge in [0.25, 0.3) is 0 Å². The zero-order valence-corrected chi connectivity index (χ0v) is 10.5. The van der Waals surface area contributed by atoms with E-state index < -0.39 is 0 Å². The highest BCUT2D eigenvalue weighted by Gasteiger charge is 2.08. The second-order valence-corrected chi connectivity index (χ2v) is 5.39. The first-order valence-electron chi connectivity index (χ1n) is 5.21. The Balaban J connectivity index is 2.19. The number of nitrogens with two attached hydrogens (primary N) is 1. The molecule has 0 aliphatic carbocycles. The molecule has 0 aliphatic rings. The zero-order valence-electron chi connectivity index (χ0n) is 8.93. The van der Waals surface area contributed by atoms with Crippen molar-refractivity contribution in [1.82, 2.24) is 9.38 Å². The molecule has 0 atom stereocenters. The summed E-state index contributed by atoms with van der Waals surface area (Å²) >= 11 is 7.46. The van der Waals surface area contributed by atoms with Gasteiger partial charge in [-0.3, -0.25) is 0 Å². The summed E-state index contributed by atoms with van der Waals surface area (Å²) in [5.74, 6) is 0. The molecule has 3 heterocycles. The molecule has 3 nitrogen and oxygen atoms in total. The average molecular weight is 264 g/mol. The van der Waals surface area contributed by atoms with Crippen LogP contribution in [-0.4, -0.2) is 9.38 Å². The van der Waals surface area contributed by atoms with E-state index >= 15 is 0 Å². The summed E-state index contributed by atoms with van der Waals surface area (Å²) in [5, 5.41) is 0. The zero-order chi connectivity index (χ0) is 11.8. The van der Waals surface area contributed by atoms with Gasteiger partial charge in [0, 0.05) is 18.4 Å². The number of imidazole rings is 1. The van der Waals surface area contributed by atoms with Crippen LogP contribution < -0.4 is 5.73 Å². The maximum atomic E-state index is 5.93. The molecule has 0 saturated carbocycles. The van der Waals surface area contributed by atoms with Crippen LogP contribution in [0.5, 0.6) is 0 Å². The minimum atomic E-state index is 0.498. The number of aromatic nitrogens is 2. The summed E-state index contributed by atoms with van der Waals surface area (Å²) in [7, 11) is 0. The van der Waals surface area contributed by atoms with Gasteiger partial charge in [-0.25, -0.2) is 4.98 Å². The second kappa shape index (κ2) is 4.14. The third-order valence-corrected chi connectivity index (χ3v) is 3.86. The molecule has 5 heteroatoms. The quantitative estimate of drug-likeness (QED) is 0.772. The Morgan fingerprint density at radius 2 is 2.18 bits per heavy atom. The van der Waals surface area contributed by atoms with E-state index in [1.54, 1.807) is 0 Å². The summed E-state index contributed by atoms with van der Waals surface area (Å²) in [4.78, 5) is 5.64. The van der Waals surface area contributed by atoms with Crippen LogP contribution in [0.3, 0.4) is 0 Å². The lowest BCUT2D eigenvalue weighted by molar-refractivity contribution is 0.946. The number of pyridine rings is 1. The van der Waals surface area contributed by atoms with E-state index in [-0.39, 0.29) is 0 Å². The topological polar surface area (TPSA) is 43.3 Å². The van der Waals surface area contributed by atoms with E-state index in [0.29, 0.717) is 6.54 Å². The first kappa shape index (κ1) is 10.8. The molecule has 0 amide bonds. The number of rotatable bonds is 2. The smallest absolute Gasteiger partial charge is 0.137 e. The fourth-order valence-electron chi connectivity index (χ4n) is 1.80. The molecule has 86 valence electrons. The molecule has 2 N–H and O–H groups in total. The lowest BCUT2D eigenvalue weighted by Crippen LogP contribution is -2.02. The fourth-order valence-corrected chi connectivity index (χ4v) is 2.80. The summed E-state index contributed by atoms with van der Waals surface area (Å²) in [6.45, 7) is 0.498. The molecule has 0 fully saturated rings. The van der Waals surface area contributed by atoms with Gasteiger partial charge in [-0.15, -0.1) is 11.3 Å². The Labute approximate surface area is 107 Å². The standard InChI is InChI=1S/C12H10ClN3S/c13-11-5-4-10(17-11)9-7-16-8(6-14)2-1-3-12(16)15-9/h1-5,7H,6,14H2. The number of fused-ring (bicyclic) bond motifs is 1. The Bertz CT molecular complexity index is 671. The number of thiophene rings is 1. The maximum Gasteiger partial charge on any atom is 0.137 e. The van der Waals surface area contributed by atoms with E-state index in [1.165, 1.54) is 11.3 Å². The Hall–Kier alpha value is -1.36. The first-order valence-corrected chi connectivity index (χ1v) is 6.40. The largest absolute Gasteiger partial charge is 0.325 e. The average Bonchev–Trinajstić information content (AvgIpc) is 2.93. The monoisotopic (exact) mass is 263 g/mol. The van der Waals surface area contributed by atoms with Crippen LogP contribution in [0, 0.1) is 0 Å². The molecule has 0 aliphatic heterocycles. The van der Waals surface area contributed by atoms with Crippen molar-refractivity contribution in [2.75, 3.05) is 0 Å². The summed E-state index contributed by atoms with van der Waals surface area (Å²) in [5.41, 5.74) is 8.59. The highest BCUT2D eigenvalue weighted by molar-refractivity contribution is 7.19. The minimum Gasteiger partial charge on any atom is -0.325 e. The van der Waals surface area contributed by atoms with Crippen LogP contribution in [0.4, 0.5) is 0 Å². The maximum absolute atomic E-state index is 5.93. The van der Waals surface area contributed by atoms with Gasteiger partial charge >= 0.3 is 0 Å². The molecule has 0 saturated heterocycles. The Kier molecular flexibility index (Phi) is 2.63. The lowest BCUT2D eigenvalue weighted by Gasteiger charge is -1.99. The molecule has 0 spiro atoms. The third-order valence-electron chi connectivity index (χ3n) is 2.61. The number of hydrogen-bond donors (Lipinski definition) is 1. The SMILES string of the molecule is NCc1cccc2nc(-c3ccc(Cl)s3)cn12. The van der Waals surface area contributed by atoms with Gasteiger partial charge in [0.05, 0.1) is 14.9 Å². The predicted octanol–water partition coefficient (Wildman–Crippen LogP) is 3.17. The van der Waals surface area contributed by atoms with Crippen molar-refractivity contribution in [3.63, 3.8) is 0 Å².